The zero-order valence-corrected chi connectivity index (χ0v) is 11.8. The lowest BCUT2D eigenvalue weighted by Crippen LogP contribution is -2.38. The summed E-state index contributed by atoms with van der Waals surface area (Å²) < 4.78 is 36.7. The minimum atomic E-state index is -3.48. The fourth-order valence-electron chi connectivity index (χ4n) is 1.44. The Morgan fingerprint density at radius 1 is 1.29 bits per heavy atom. The van der Waals surface area contributed by atoms with Gasteiger partial charge >= 0.3 is 0 Å². The molecule has 0 aromatic heterocycles. The molecule has 0 spiro atoms. The molecule has 0 aliphatic carbocycles. The van der Waals surface area contributed by atoms with Crippen molar-refractivity contribution in [3.05, 3.63) is 30.3 Å². The summed E-state index contributed by atoms with van der Waals surface area (Å²) in [5, 5.41) is 0. The average molecular weight is 275 g/mol. The molecule has 0 aliphatic rings. The van der Waals surface area contributed by atoms with Crippen molar-refractivity contribution in [2.75, 3.05) is 19.1 Å². The molecule has 96 valence electrons. The van der Waals surface area contributed by atoms with Gasteiger partial charge in [-0.15, -0.1) is 0 Å². The van der Waals surface area contributed by atoms with Crippen LogP contribution in [-0.2, 0) is 20.8 Å². The van der Waals surface area contributed by atoms with E-state index in [1.807, 2.05) is 0 Å². The summed E-state index contributed by atoms with van der Waals surface area (Å²) in [6.07, 6.45) is 1.57. The molecule has 0 saturated carbocycles. The predicted octanol–water partition coefficient (Wildman–Crippen LogP) is 1.07. The van der Waals surface area contributed by atoms with Crippen molar-refractivity contribution in [2.45, 2.75) is 17.9 Å². The molecule has 0 amide bonds. The van der Waals surface area contributed by atoms with Crippen molar-refractivity contribution >= 4 is 20.8 Å². The summed E-state index contributed by atoms with van der Waals surface area (Å²) in [6.45, 7) is 1.75. The Balaban J connectivity index is 2.95. The number of hydrogen-bond acceptors (Lipinski definition) is 3. The molecule has 0 saturated heterocycles. The zero-order chi connectivity index (χ0) is 13.1. The maximum Gasteiger partial charge on any atom is 0.243 e. The Morgan fingerprint density at radius 3 is 2.29 bits per heavy atom. The molecule has 1 rings (SSSR count). The molecule has 17 heavy (non-hydrogen) atoms. The molecule has 0 aliphatic heterocycles. The maximum atomic E-state index is 12.2. The van der Waals surface area contributed by atoms with Gasteiger partial charge < -0.3 is 0 Å². The van der Waals surface area contributed by atoms with Gasteiger partial charge in [-0.05, 0) is 19.1 Å². The monoisotopic (exact) mass is 275 g/mol. The van der Waals surface area contributed by atoms with Gasteiger partial charge in [0.05, 0.1) is 4.90 Å². The second kappa shape index (κ2) is 5.75. The molecular formula is C11H17NO3S2. The Labute approximate surface area is 105 Å². The Hall–Kier alpha value is -0.720. The molecule has 1 aromatic carbocycles. The summed E-state index contributed by atoms with van der Waals surface area (Å²) >= 11 is 0. The van der Waals surface area contributed by atoms with Crippen LogP contribution in [0.25, 0.3) is 0 Å². The van der Waals surface area contributed by atoms with Gasteiger partial charge in [-0.3, -0.25) is 4.21 Å². The first-order valence-electron chi connectivity index (χ1n) is 5.19. The molecule has 0 unspecified atom stereocenters. The van der Waals surface area contributed by atoms with Gasteiger partial charge in [0.25, 0.3) is 0 Å². The van der Waals surface area contributed by atoms with Gasteiger partial charge in [-0.25, -0.2) is 8.42 Å². The third-order valence-electron chi connectivity index (χ3n) is 2.52. The minimum Gasteiger partial charge on any atom is -0.260 e. The maximum absolute atomic E-state index is 12.2. The molecular weight excluding hydrogens is 258 g/mol. The lowest BCUT2D eigenvalue weighted by Gasteiger charge is -2.23. The van der Waals surface area contributed by atoms with Crippen LogP contribution in [0.4, 0.5) is 0 Å². The lowest BCUT2D eigenvalue weighted by atomic mass is 10.4. The fraction of sp³-hybridized carbons (Fsp3) is 0.455. The van der Waals surface area contributed by atoms with E-state index in [-0.39, 0.29) is 10.9 Å². The molecule has 0 fully saturated rings. The first-order valence-corrected chi connectivity index (χ1v) is 8.35. The Morgan fingerprint density at radius 2 is 1.82 bits per heavy atom. The number of sulfonamides is 1. The zero-order valence-electron chi connectivity index (χ0n) is 10.2. The van der Waals surface area contributed by atoms with Gasteiger partial charge in [0.15, 0.2) is 0 Å². The molecule has 0 bridgehead atoms. The Bertz CT molecular complexity index is 485. The van der Waals surface area contributed by atoms with E-state index in [4.69, 9.17) is 0 Å². The van der Waals surface area contributed by atoms with Gasteiger partial charge in [0, 0.05) is 35.9 Å². The smallest absolute Gasteiger partial charge is 0.243 e. The first-order chi connectivity index (χ1) is 7.85. The SMILES string of the molecule is C[C@@H](C[S@](C)=O)N(C)S(=O)(=O)c1ccccc1. The number of benzene rings is 1. The van der Waals surface area contributed by atoms with Crippen molar-refractivity contribution in [3.63, 3.8) is 0 Å². The van der Waals surface area contributed by atoms with Crippen LogP contribution in [0.3, 0.4) is 0 Å². The van der Waals surface area contributed by atoms with E-state index >= 15 is 0 Å². The van der Waals surface area contributed by atoms with Crippen LogP contribution in [-0.4, -0.2) is 42.0 Å². The van der Waals surface area contributed by atoms with E-state index in [2.05, 4.69) is 0 Å². The van der Waals surface area contributed by atoms with Crippen molar-refractivity contribution in [2.24, 2.45) is 0 Å². The molecule has 0 radical (unpaired) electrons. The summed E-state index contributed by atoms with van der Waals surface area (Å²) in [6, 6.07) is 7.96. The second-order valence-electron chi connectivity index (χ2n) is 3.92. The van der Waals surface area contributed by atoms with Crippen molar-refractivity contribution < 1.29 is 12.6 Å². The summed E-state index contributed by atoms with van der Waals surface area (Å²) in [4.78, 5) is 0.260. The molecule has 4 nitrogen and oxygen atoms in total. The van der Waals surface area contributed by atoms with Crippen LogP contribution in [0.2, 0.25) is 0 Å². The Kier molecular flexibility index (Phi) is 4.85. The minimum absolute atomic E-state index is 0.260. The van der Waals surface area contributed by atoms with E-state index in [0.29, 0.717) is 5.75 Å². The van der Waals surface area contributed by atoms with Crippen LogP contribution in [0.1, 0.15) is 6.92 Å². The van der Waals surface area contributed by atoms with Gasteiger partial charge in [-0.2, -0.15) is 4.31 Å². The third-order valence-corrected chi connectivity index (χ3v) is 5.45. The second-order valence-corrected chi connectivity index (χ2v) is 7.40. The highest BCUT2D eigenvalue weighted by Gasteiger charge is 2.25. The molecule has 2 atom stereocenters. The van der Waals surface area contributed by atoms with E-state index in [1.54, 1.807) is 43.5 Å². The van der Waals surface area contributed by atoms with E-state index in [9.17, 15) is 12.6 Å². The van der Waals surface area contributed by atoms with Gasteiger partial charge in [-0.1, -0.05) is 18.2 Å². The lowest BCUT2D eigenvalue weighted by molar-refractivity contribution is 0.413. The molecule has 0 heterocycles. The van der Waals surface area contributed by atoms with Crippen LogP contribution < -0.4 is 0 Å². The van der Waals surface area contributed by atoms with Crippen molar-refractivity contribution in [3.8, 4) is 0 Å². The number of hydrogen-bond donors (Lipinski definition) is 0. The van der Waals surface area contributed by atoms with Crippen LogP contribution in [0.5, 0.6) is 0 Å². The highest BCUT2D eigenvalue weighted by Crippen LogP contribution is 2.16. The van der Waals surface area contributed by atoms with E-state index in [0.717, 1.165) is 0 Å². The van der Waals surface area contributed by atoms with Gasteiger partial charge in [0.1, 0.15) is 0 Å². The third kappa shape index (κ3) is 3.62. The topological polar surface area (TPSA) is 54.5 Å². The predicted molar refractivity (Wildman–Crippen MR) is 69.8 cm³/mol. The van der Waals surface area contributed by atoms with Crippen LogP contribution >= 0.6 is 0 Å². The number of nitrogens with zero attached hydrogens (tertiary/aromatic N) is 1. The largest absolute Gasteiger partial charge is 0.260 e. The highest BCUT2D eigenvalue weighted by molar-refractivity contribution is 7.89. The molecule has 6 heteroatoms. The summed E-state index contributed by atoms with van der Waals surface area (Å²) in [7, 11) is -2.98. The molecule has 1 aromatic rings. The standard InChI is InChI=1S/C11H17NO3S2/c1-10(9-16(3)13)12(2)17(14,15)11-7-5-4-6-8-11/h4-8,10H,9H2,1-3H3/t10-,16-/m0/s1. The summed E-state index contributed by atoms with van der Waals surface area (Å²) in [5.74, 6) is 0.336. The van der Waals surface area contributed by atoms with Crippen LogP contribution in [0.15, 0.2) is 35.2 Å². The summed E-state index contributed by atoms with van der Waals surface area (Å²) in [5.41, 5.74) is 0. The van der Waals surface area contributed by atoms with Crippen molar-refractivity contribution in [1.29, 1.82) is 0 Å². The van der Waals surface area contributed by atoms with E-state index in [1.165, 1.54) is 11.4 Å². The number of rotatable bonds is 5. The average Bonchev–Trinajstić information content (AvgIpc) is 2.28. The quantitative estimate of drug-likeness (QED) is 0.808. The van der Waals surface area contributed by atoms with E-state index < -0.39 is 20.8 Å². The van der Waals surface area contributed by atoms with Crippen molar-refractivity contribution in [1.82, 2.24) is 4.31 Å². The van der Waals surface area contributed by atoms with Gasteiger partial charge in [0.2, 0.25) is 10.0 Å². The van der Waals surface area contributed by atoms with Crippen LogP contribution in [0, 0.1) is 0 Å². The molecule has 0 N–H and O–H groups in total. The first kappa shape index (κ1) is 14.3. The highest BCUT2D eigenvalue weighted by atomic mass is 32.2. The fourth-order valence-corrected chi connectivity index (χ4v) is 3.82. The normalized spacial score (nSPS) is 15.8.